The lowest BCUT2D eigenvalue weighted by Crippen LogP contribution is -2.40. The highest BCUT2D eigenvalue weighted by Crippen LogP contribution is 2.19. The van der Waals surface area contributed by atoms with Crippen LogP contribution in [0.5, 0.6) is 0 Å². The molecular weight excluding hydrogens is 346 g/mol. The third-order valence-electron chi connectivity index (χ3n) is 3.83. The van der Waals surface area contributed by atoms with Gasteiger partial charge in [0.1, 0.15) is 0 Å². The highest BCUT2D eigenvalue weighted by atomic mass is 79.9. The van der Waals surface area contributed by atoms with Crippen molar-refractivity contribution in [3.8, 4) is 0 Å². The van der Waals surface area contributed by atoms with E-state index in [1.54, 1.807) is 7.05 Å². The van der Waals surface area contributed by atoms with Crippen molar-refractivity contribution in [2.45, 2.75) is 19.8 Å². The monoisotopic (exact) mass is 367 g/mol. The fourth-order valence-electron chi connectivity index (χ4n) is 2.51. The first-order chi connectivity index (χ1) is 10.5. The van der Waals surface area contributed by atoms with E-state index >= 15 is 0 Å². The highest BCUT2D eigenvalue weighted by molar-refractivity contribution is 9.10. The quantitative estimate of drug-likeness (QED) is 0.868. The van der Waals surface area contributed by atoms with Gasteiger partial charge in [-0.2, -0.15) is 0 Å². The Balaban J connectivity index is 1.83. The number of likely N-dealkylation sites (N-methyl/N-ethyl adjacent to an activating group) is 1. The summed E-state index contributed by atoms with van der Waals surface area (Å²) in [6.07, 6.45) is 2.31. The fourth-order valence-corrected chi connectivity index (χ4v) is 2.99. The molecule has 0 radical (unpaired) electrons. The van der Waals surface area contributed by atoms with Crippen LogP contribution in [0.15, 0.2) is 22.7 Å². The molecule has 0 spiro atoms. The summed E-state index contributed by atoms with van der Waals surface area (Å²) in [4.78, 5) is 27.8. The Bertz CT molecular complexity index is 556. The summed E-state index contributed by atoms with van der Waals surface area (Å²) in [7, 11) is 1.67. The minimum atomic E-state index is -0.178. The van der Waals surface area contributed by atoms with Crippen LogP contribution in [0, 0.1) is 6.92 Å². The molecule has 5 nitrogen and oxygen atoms in total. The van der Waals surface area contributed by atoms with Crippen LogP contribution in [-0.4, -0.2) is 54.8 Å². The lowest BCUT2D eigenvalue weighted by Gasteiger charge is -2.21. The number of likely N-dealkylation sites (tertiary alicyclic amines) is 1. The molecular formula is C16H22BrN3O2. The van der Waals surface area contributed by atoms with Crippen molar-refractivity contribution in [3.63, 3.8) is 0 Å². The predicted octanol–water partition coefficient (Wildman–Crippen LogP) is 2.25. The molecule has 1 N–H and O–H groups in total. The zero-order chi connectivity index (χ0) is 16.1. The minimum absolute atomic E-state index is 0.00965. The summed E-state index contributed by atoms with van der Waals surface area (Å²) < 4.78 is 0.973. The molecule has 1 heterocycles. The molecule has 0 unspecified atom stereocenters. The van der Waals surface area contributed by atoms with Gasteiger partial charge in [0, 0.05) is 17.2 Å². The van der Waals surface area contributed by atoms with Gasteiger partial charge in [0.15, 0.2) is 0 Å². The first-order valence-corrected chi connectivity index (χ1v) is 8.27. The van der Waals surface area contributed by atoms with Crippen LogP contribution in [0.25, 0.3) is 0 Å². The maximum atomic E-state index is 12.1. The summed E-state index contributed by atoms with van der Waals surface area (Å²) in [6.45, 7) is 4.36. The lowest BCUT2D eigenvalue weighted by atomic mass is 10.2. The van der Waals surface area contributed by atoms with Gasteiger partial charge in [-0.25, -0.2) is 0 Å². The Morgan fingerprint density at radius 2 is 2.00 bits per heavy atom. The third-order valence-corrected chi connectivity index (χ3v) is 4.32. The van der Waals surface area contributed by atoms with E-state index in [2.05, 4.69) is 26.1 Å². The molecule has 0 aromatic heterocycles. The van der Waals surface area contributed by atoms with Gasteiger partial charge in [0.2, 0.25) is 11.8 Å². The second kappa shape index (κ2) is 7.74. The number of benzene rings is 1. The van der Waals surface area contributed by atoms with Crippen molar-refractivity contribution in [1.82, 2.24) is 9.80 Å². The number of nitrogens with zero attached hydrogens (tertiary/aromatic N) is 2. The normalized spacial score (nSPS) is 14.9. The SMILES string of the molecule is Cc1cc(Br)ccc1NC(=O)CN(C)C(=O)CN1CCCC1. The van der Waals surface area contributed by atoms with Gasteiger partial charge in [-0.1, -0.05) is 15.9 Å². The van der Waals surface area contributed by atoms with Crippen molar-refractivity contribution >= 4 is 33.4 Å². The van der Waals surface area contributed by atoms with E-state index < -0.39 is 0 Å². The number of halogens is 1. The molecule has 2 amide bonds. The van der Waals surface area contributed by atoms with Crippen molar-refractivity contribution in [1.29, 1.82) is 0 Å². The lowest BCUT2D eigenvalue weighted by molar-refractivity contribution is -0.134. The van der Waals surface area contributed by atoms with Gasteiger partial charge in [0.25, 0.3) is 0 Å². The Morgan fingerprint density at radius 1 is 1.32 bits per heavy atom. The van der Waals surface area contributed by atoms with Crippen molar-refractivity contribution in [2.24, 2.45) is 0 Å². The second-order valence-corrected chi connectivity index (χ2v) is 6.66. The number of rotatable bonds is 5. The number of amides is 2. The van der Waals surface area contributed by atoms with Crippen LogP contribution in [0.4, 0.5) is 5.69 Å². The smallest absolute Gasteiger partial charge is 0.243 e. The molecule has 0 aliphatic carbocycles. The van der Waals surface area contributed by atoms with Crippen LogP contribution in [0.3, 0.4) is 0 Å². The zero-order valence-electron chi connectivity index (χ0n) is 13.1. The standard InChI is InChI=1S/C16H22BrN3O2/c1-12-9-13(17)5-6-14(12)18-15(21)10-19(2)16(22)11-20-7-3-4-8-20/h5-6,9H,3-4,7-8,10-11H2,1-2H3,(H,18,21). The van der Waals surface area contributed by atoms with Gasteiger partial charge < -0.3 is 10.2 Å². The molecule has 0 bridgehead atoms. The molecule has 1 aromatic carbocycles. The number of anilines is 1. The van der Waals surface area contributed by atoms with E-state index in [4.69, 9.17) is 0 Å². The van der Waals surface area contributed by atoms with Crippen LogP contribution >= 0.6 is 15.9 Å². The molecule has 0 atom stereocenters. The molecule has 1 aliphatic heterocycles. The summed E-state index contributed by atoms with van der Waals surface area (Å²) in [5.74, 6) is -0.188. The Kier molecular flexibility index (Phi) is 5.97. The predicted molar refractivity (Wildman–Crippen MR) is 90.8 cm³/mol. The van der Waals surface area contributed by atoms with E-state index in [0.717, 1.165) is 41.7 Å². The largest absolute Gasteiger partial charge is 0.335 e. The molecule has 0 saturated carbocycles. The number of nitrogens with one attached hydrogen (secondary N) is 1. The Hall–Kier alpha value is -1.40. The molecule has 1 aliphatic rings. The first kappa shape index (κ1) is 17.0. The highest BCUT2D eigenvalue weighted by Gasteiger charge is 2.19. The van der Waals surface area contributed by atoms with Gasteiger partial charge in [-0.05, 0) is 56.6 Å². The summed E-state index contributed by atoms with van der Waals surface area (Å²) in [5, 5.41) is 2.85. The third kappa shape index (κ3) is 4.81. The maximum absolute atomic E-state index is 12.1. The van der Waals surface area contributed by atoms with Crippen molar-refractivity contribution < 1.29 is 9.59 Å². The average molecular weight is 368 g/mol. The van der Waals surface area contributed by atoms with Gasteiger partial charge in [0.05, 0.1) is 13.1 Å². The Morgan fingerprint density at radius 3 is 2.64 bits per heavy atom. The number of carbonyl (C=O) groups excluding carboxylic acids is 2. The Labute approximate surface area is 139 Å². The average Bonchev–Trinajstić information content (AvgIpc) is 2.94. The topological polar surface area (TPSA) is 52.7 Å². The second-order valence-electron chi connectivity index (χ2n) is 5.74. The molecule has 1 saturated heterocycles. The zero-order valence-corrected chi connectivity index (χ0v) is 14.6. The molecule has 2 rings (SSSR count). The summed E-state index contributed by atoms with van der Waals surface area (Å²) in [5.41, 5.74) is 1.75. The first-order valence-electron chi connectivity index (χ1n) is 7.48. The molecule has 1 aromatic rings. The van der Waals surface area contributed by atoms with E-state index in [1.807, 2.05) is 25.1 Å². The van der Waals surface area contributed by atoms with E-state index in [-0.39, 0.29) is 18.4 Å². The van der Waals surface area contributed by atoms with Gasteiger partial charge >= 0.3 is 0 Å². The van der Waals surface area contributed by atoms with Crippen LogP contribution < -0.4 is 5.32 Å². The molecule has 1 fully saturated rings. The minimum Gasteiger partial charge on any atom is -0.335 e. The van der Waals surface area contributed by atoms with Crippen molar-refractivity contribution in [3.05, 3.63) is 28.2 Å². The van der Waals surface area contributed by atoms with Crippen LogP contribution in [-0.2, 0) is 9.59 Å². The molecule has 120 valence electrons. The fraction of sp³-hybridized carbons (Fsp3) is 0.500. The number of hydrogen-bond donors (Lipinski definition) is 1. The van der Waals surface area contributed by atoms with Crippen LogP contribution in [0.2, 0.25) is 0 Å². The number of aryl methyl sites for hydroxylation is 1. The van der Waals surface area contributed by atoms with Gasteiger partial charge in [-0.3, -0.25) is 14.5 Å². The maximum Gasteiger partial charge on any atom is 0.243 e. The summed E-state index contributed by atoms with van der Waals surface area (Å²) >= 11 is 3.39. The van der Waals surface area contributed by atoms with Crippen molar-refractivity contribution in [2.75, 3.05) is 38.5 Å². The van der Waals surface area contributed by atoms with Crippen LogP contribution in [0.1, 0.15) is 18.4 Å². The van der Waals surface area contributed by atoms with E-state index in [9.17, 15) is 9.59 Å². The number of carbonyl (C=O) groups is 2. The van der Waals surface area contributed by atoms with E-state index in [0.29, 0.717) is 6.54 Å². The van der Waals surface area contributed by atoms with E-state index in [1.165, 1.54) is 4.90 Å². The summed E-state index contributed by atoms with van der Waals surface area (Å²) in [6, 6.07) is 5.67. The molecule has 22 heavy (non-hydrogen) atoms. The number of hydrogen-bond acceptors (Lipinski definition) is 3. The van der Waals surface area contributed by atoms with Gasteiger partial charge in [-0.15, -0.1) is 0 Å². The molecule has 6 heteroatoms.